The minimum absolute atomic E-state index is 0.199. The van der Waals surface area contributed by atoms with Gasteiger partial charge in [0.2, 0.25) is 5.91 Å². The molecule has 0 radical (unpaired) electrons. The number of hydrogen-bond donors (Lipinski definition) is 2. The number of primary amides is 1. The highest BCUT2D eigenvalue weighted by Crippen LogP contribution is 2.19. The summed E-state index contributed by atoms with van der Waals surface area (Å²) in [4.78, 5) is 22.1. The molecule has 0 fully saturated rings. The summed E-state index contributed by atoms with van der Waals surface area (Å²) in [5.41, 5.74) is 6.92. The van der Waals surface area contributed by atoms with Gasteiger partial charge in [0.25, 0.3) is 0 Å². The van der Waals surface area contributed by atoms with E-state index in [1.807, 2.05) is 6.92 Å². The Morgan fingerprint density at radius 1 is 1.39 bits per heavy atom. The Labute approximate surface area is 106 Å². The van der Waals surface area contributed by atoms with Gasteiger partial charge in [0.05, 0.1) is 5.56 Å². The maximum absolute atomic E-state index is 11.1. The van der Waals surface area contributed by atoms with Gasteiger partial charge in [-0.25, -0.2) is 4.79 Å². The molecule has 0 unspecified atom stereocenters. The van der Waals surface area contributed by atoms with Crippen molar-refractivity contribution < 1.29 is 14.7 Å². The molecule has 0 saturated carbocycles. The predicted molar refractivity (Wildman–Crippen MR) is 70.2 cm³/mol. The highest BCUT2D eigenvalue weighted by atomic mass is 16.4. The topological polar surface area (TPSA) is 80.4 Å². The van der Waals surface area contributed by atoms with Crippen molar-refractivity contribution in [3.63, 3.8) is 0 Å². The lowest BCUT2D eigenvalue weighted by atomic mass is 9.96. The van der Waals surface area contributed by atoms with E-state index in [1.165, 1.54) is 6.07 Å². The van der Waals surface area contributed by atoms with Crippen LogP contribution < -0.4 is 5.73 Å². The minimum atomic E-state index is -0.961. The number of carbonyl (C=O) groups is 2. The first kappa shape index (κ1) is 14.0. The number of amides is 1. The van der Waals surface area contributed by atoms with E-state index in [9.17, 15) is 9.59 Å². The van der Waals surface area contributed by atoms with Crippen molar-refractivity contribution in [2.24, 2.45) is 5.73 Å². The van der Waals surface area contributed by atoms with E-state index in [-0.39, 0.29) is 11.1 Å². The van der Waals surface area contributed by atoms with Gasteiger partial charge in [-0.15, -0.1) is 0 Å². The summed E-state index contributed by atoms with van der Waals surface area (Å²) < 4.78 is 0. The Morgan fingerprint density at radius 2 is 2.06 bits per heavy atom. The Morgan fingerprint density at radius 3 is 2.56 bits per heavy atom. The lowest BCUT2D eigenvalue weighted by Gasteiger charge is -2.09. The van der Waals surface area contributed by atoms with Crippen LogP contribution in [0.15, 0.2) is 24.8 Å². The molecule has 0 saturated heterocycles. The molecule has 0 bridgehead atoms. The predicted octanol–water partition coefficient (Wildman–Crippen LogP) is 2.23. The summed E-state index contributed by atoms with van der Waals surface area (Å²) in [6.45, 7) is 5.63. The molecule has 1 rings (SSSR count). The maximum atomic E-state index is 11.1. The van der Waals surface area contributed by atoms with Crippen LogP contribution in [-0.4, -0.2) is 17.0 Å². The molecule has 0 aliphatic carbocycles. The van der Waals surface area contributed by atoms with Crippen LogP contribution in [0.25, 0.3) is 5.57 Å². The first-order chi connectivity index (χ1) is 8.47. The van der Waals surface area contributed by atoms with Crippen molar-refractivity contribution >= 4 is 17.4 Å². The minimum Gasteiger partial charge on any atom is -0.478 e. The fraction of sp³-hybridized carbons (Fsp3) is 0.286. The number of unbranched alkanes of at least 4 members (excludes halogenated alkanes) is 1. The van der Waals surface area contributed by atoms with Crippen LogP contribution in [-0.2, 0) is 11.2 Å². The summed E-state index contributed by atoms with van der Waals surface area (Å²) >= 11 is 0. The van der Waals surface area contributed by atoms with Gasteiger partial charge in [0, 0.05) is 5.57 Å². The zero-order chi connectivity index (χ0) is 13.7. The third-order valence-electron chi connectivity index (χ3n) is 2.78. The van der Waals surface area contributed by atoms with Crippen LogP contribution in [0.5, 0.6) is 0 Å². The molecular weight excluding hydrogens is 230 g/mol. The van der Waals surface area contributed by atoms with E-state index < -0.39 is 11.9 Å². The zero-order valence-electron chi connectivity index (χ0n) is 10.4. The Balaban J connectivity index is 3.16. The molecule has 0 aliphatic rings. The summed E-state index contributed by atoms with van der Waals surface area (Å²) in [6.07, 6.45) is 2.53. The number of carboxylic acid groups (broad SMARTS) is 1. The summed E-state index contributed by atoms with van der Waals surface area (Å²) in [6, 6.07) is 4.75. The molecule has 0 atom stereocenters. The van der Waals surface area contributed by atoms with Crippen molar-refractivity contribution in [3.05, 3.63) is 41.5 Å². The Bertz CT molecular complexity index is 492. The van der Waals surface area contributed by atoms with Gasteiger partial charge < -0.3 is 10.8 Å². The number of aryl methyl sites for hydroxylation is 1. The van der Waals surface area contributed by atoms with Crippen LogP contribution >= 0.6 is 0 Å². The van der Waals surface area contributed by atoms with E-state index in [4.69, 9.17) is 10.8 Å². The van der Waals surface area contributed by atoms with E-state index in [0.29, 0.717) is 17.5 Å². The monoisotopic (exact) mass is 247 g/mol. The van der Waals surface area contributed by atoms with E-state index in [2.05, 4.69) is 6.58 Å². The fourth-order valence-corrected chi connectivity index (χ4v) is 1.71. The second-order valence-electron chi connectivity index (χ2n) is 4.12. The number of carbonyl (C=O) groups excluding carboxylic acids is 1. The highest BCUT2D eigenvalue weighted by molar-refractivity contribution is 6.18. The first-order valence-corrected chi connectivity index (χ1v) is 5.82. The van der Waals surface area contributed by atoms with Gasteiger partial charge in [-0.3, -0.25) is 4.79 Å². The van der Waals surface area contributed by atoms with Gasteiger partial charge in [0.1, 0.15) is 0 Å². The van der Waals surface area contributed by atoms with Gasteiger partial charge in [-0.1, -0.05) is 32.1 Å². The largest absolute Gasteiger partial charge is 0.478 e. The molecule has 0 spiro atoms. The highest BCUT2D eigenvalue weighted by Gasteiger charge is 2.13. The molecular formula is C14H17NO3. The molecule has 4 heteroatoms. The van der Waals surface area contributed by atoms with Crippen LogP contribution in [0.2, 0.25) is 0 Å². The summed E-state index contributed by atoms with van der Waals surface area (Å²) in [5.74, 6) is -1.56. The van der Waals surface area contributed by atoms with Crippen LogP contribution in [0, 0.1) is 0 Å². The molecule has 3 N–H and O–H groups in total. The molecule has 0 heterocycles. The molecule has 18 heavy (non-hydrogen) atoms. The fourth-order valence-electron chi connectivity index (χ4n) is 1.71. The number of hydrogen-bond acceptors (Lipinski definition) is 2. The van der Waals surface area contributed by atoms with Gasteiger partial charge in [-0.05, 0) is 30.0 Å². The second-order valence-corrected chi connectivity index (χ2v) is 4.12. The molecule has 1 aromatic carbocycles. The van der Waals surface area contributed by atoms with Crippen molar-refractivity contribution in [3.8, 4) is 0 Å². The van der Waals surface area contributed by atoms with E-state index >= 15 is 0 Å². The van der Waals surface area contributed by atoms with Crippen molar-refractivity contribution in [2.75, 3.05) is 0 Å². The quantitative estimate of drug-likeness (QED) is 0.756. The van der Waals surface area contributed by atoms with Crippen molar-refractivity contribution in [2.45, 2.75) is 26.2 Å². The van der Waals surface area contributed by atoms with Crippen LogP contribution in [0.1, 0.15) is 41.3 Å². The SMILES string of the molecule is C=C(C(N)=O)c1ccc(C(=O)O)c(CCCC)c1. The number of aromatic carboxylic acids is 1. The Kier molecular flexibility index (Phi) is 4.66. The number of nitrogens with two attached hydrogens (primary N) is 1. The summed E-state index contributed by atoms with van der Waals surface area (Å²) in [7, 11) is 0. The third-order valence-corrected chi connectivity index (χ3v) is 2.78. The molecule has 1 amide bonds. The van der Waals surface area contributed by atoms with Crippen LogP contribution in [0.3, 0.4) is 0 Å². The van der Waals surface area contributed by atoms with Crippen molar-refractivity contribution in [1.29, 1.82) is 0 Å². The zero-order valence-corrected chi connectivity index (χ0v) is 10.4. The summed E-state index contributed by atoms with van der Waals surface area (Å²) in [5, 5.41) is 9.09. The first-order valence-electron chi connectivity index (χ1n) is 5.82. The third kappa shape index (κ3) is 3.20. The maximum Gasteiger partial charge on any atom is 0.335 e. The molecule has 1 aromatic rings. The van der Waals surface area contributed by atoms with Gasteiger partial charge >= 0.3 is 5.97 Å². The lowest BCUT2D eigenvalue weighted by Crippen LogP contribution is -2.12. The van der Waals surface area contributed by atoms with E-state index in [0.717, 1.165) is 12.8 Å². The van der Waals surface area contributed by atoms with Crippen LogP contribution in [0.4, 0.5) is 0 Å². The molecule has 96 valence electrons. The number of rotatable bonds is 6. The normalized spacial score (nSPS) is 10.1. The number of carboxylic acids is 1. The van der Waals surface area contributed by atoms with Gasteiger partial charge in [-0.2, -0.15) is 0 Å². The van der Waals surface area contributed by atoms with E-state index in [1.54, 1.807) is 12.1 Å². The molecule has 4 nitrogen and oxygen atoms in total. The Hall–Kier alpha value is -2.10. The number of benzene rings is 1. The standard InChI is InChI=1S/C14H17NO3/c1-3-4-5-11-8-10(9(2)13(15)16)6-7-12(11)14(17)18/h6-8H,2-5H2,1H3,(H2,15,16)(H,17,18). The van der Waals surface area contributed by atoms with Gasteiger partial charge in [0.15, 0.2) is 0 Å². The second kappa shape index (κ2) is 6.00. The molecule has 0 aromatic heterocycles. The molecule has 0 aliphatic heterocycles. The lowest BCUT2D eigenvalue weighted by molar-refractivity contribution is -0.112. The average molecular weight is 247 g/mol. The smallest absolute Gasteiger partial charge is 0.335 e. The average Bonchev–Trinajstić information content (AvgIpc) is 2.34. The van der Waals surface area contributed by atoms with Crippen molar-refractivity contribution in [1.82, 2.24) is 0 Å².